The van der Waals surface area contributed by atoms with Crippen LogP contribution in [0.15, 0.2) is 24.3 Å². The number of benzene rings is 1. The van der Waals surface area contributed by atoms with Crippen LogP contribution in [0.5, 0.6) is 0 Å². The molecule has 1 aromatic carbocycles. The van der Waals surface area contributed by atoms with E-state index in [-0.39, 0.29) is 17.2 Å². The van der Waals surface area contributed by atoms with Gasteiger partial charge in [0.2, 0.25) is 0 Å². The molecule has 0 radical (unpaired) electrons. The van der Waals surface area contributed by atoms with Crippen molar-refractivity contribution < 1.29 is 9.18 Å². The van der Waals surface area contributed by atoms with Gasteiger partial charge in [-0.05, 0) is 24.4 Å². The van der Waals surface area contributed by atoms with Crippen molar-refractivity contribution in [2.24, 2.45) is 0 Å². The minimum atomic E-state index is -0.523. The average molecular weight is 252 g/mol. The molecule has 7 heteroatoms. The van der Waals surface area contributed by atoms with E-state index in [1.165, 1.54) is 12.1 Å². The highest BCUT2D eigenvalue weighted by Crippen LogP contribution is 2.11. The maximum Gasteiger partial charge on any atom is 0.252 e. The fraction of sp³-hybridized carbons (Fsp3) is 0.100. The number of anilines is 1. The molecule has 3 N–H and O–H groups in total. The van der Waals surface area contributed by atoms with Gasteiger partial charge in [-0.3, -0.25) is 15.6 Å². The lowest BCUT2D eigenvalue weighted by Crippen LogP contribution is -2.43. The number of rotatable bonds is 2. The van der Waals surface area contributed by atoms with Gasteiger partial charge < -0.3 is 5.32 Å². The van der Waals surface area contributed by atoms with E-state index in [1.807, 2.05) is 0 Å². The average Bonchev–Trinajstić information content (AvgIpc) is 2.30. The third-order valence-electron chi connectivity index (χ3n) is 1.68. The van der Waals surface area contributed by atoms with Gasteiger partial charge in [-0.25, -0.2) is 4.39 Å². The Morgan fingerprint density at radius 2 is 2.12 bits per heavy atom. The van der Waals surface area contributed by atoms with Crippen LogP contribution in [0.25, 0.3) is 0 Å². The van der Waals surface area contributed by atoms with E-state index in [0.717, 1.165) is 0 Å². The summed E-state index contributed by atoms with van der Waals surface area (Å²) in [6.45, 7) is 0. The SMILES string of the molecule is N#CCC(=O)NNC(=S)Nc1ccccc1F. The van der Waals surface area contributed by atoms with Crippen LogP contribution in [0.2, 0.25) is 0 Å². The van der Waals surface area contributed by atoms with Gasteiger partial charge in [0.05, 0.1) is 11.8 Å². The van der Waals surface area contributed by atoms with E-state index >= 15 is 0 Å². The lowest BCUT2D eigenvalue weighted by Gasteiger charge is -2.10. The summed E-state index contributed by atoms with van der Waals surface area (Å²) < 4.78 is 13.2. The molecule has 0 saturated carbocycles. The molecule has 88 valence electrons. The van der Waals surface area contributed by atoms with Gasteiger partial charge in [-0.15, -0.1) is 0 Å². The van der Waals surface area contributed by atoms with Crippen molar-refractivity contribution in [1.29, 1.82) is 5.26 Å². The van der Waals surface area contributed by atoms with Gasteiger partial charge >= 0.3 is 0 Å². The first-order chi connectivity index (χ1) is 8.13. The number of amides is 1. The Balaban J connectivity index is 2.43. The van der Waals surface area contributed by atoms with Crippen LogP contribution in [-0.2, 0) is 4.79 Å². The van der Waals surface area contributed by atoms with Crippen LogP contribution in [0.3, 0.4) is 0 Å². The van der Waals surface area contributed by atoms with Gasteiger partial charge in [-0.1, -0.05) is 12.1 Å². The maximum absolute atomic E-state index is 13.2. The molecule has 0 aliphatic rings. The van der Waals surface area contributed by atoms with Crippen molar-refractivity contribution in [2.45, 2.75) is 6.42 Å². The van der Waals surface area contributed by atoms with Gasteiger partial charge in [0.15, 0.2) is 5.11 Å². The molecule has 17 heavy (non-hydrogen) atoms. The quantitative estimate of drug-likeness (QED) is 0.542. The monoisotopic (exact) mass is 252 g/mol. The molecule has 1 rings (SSSR count). The van der Waals surface area contributed by atoms with Crippen LogP contribution < -0.4 is 16.2 Å². The van der Waals surface area contributed by atoms with E-state index in [2.05, 4.69) is 16.2 Å². The van der Waals surface area contributed by atoms with Crippen LogP contribution in [-0.4, -0.2) is 11.0 Å². The molecular formula is C10H9FN4OS. The first-order valence-electron chi connectivity index (χ1n) is 4.61. The summed E-state index contributed by atoms with van der Waals surface area (Å²) >= 11 is 4.81. The van der Waals surface area contributed by atoms with Crippen molar-refractivity contribution in [3.05, 3.63) is 30.1 Å². The molecule has 0 aliphatic heterocycles. The number of thiocarbonyl (C=S) groups is 1. The first-order valence-corrected chi connectivity index (χ1v) is 5.01. The Bertz CT molecular complexity index is 472. The number of hydrazine groups is 1. The normalized spacial score (nSPS) is 8.94. The zero-order chi connectivity index (χ0) is 12.7. The number of halogens is 1. The highest BCUT2D eigenvalue weighted by atomic mass is 32.1. The third-order valence-corrected chi connectivity index (χ3v) is 1.88. The van der Waals surface area contributed by atoms with Crippen LogP contribution in [0.4, 0.5) is 10.1 Å². The zero-order valence-electron chi connectivity index (χ0n) is 8.66. The summed E-state index contributed by atoms with van der Waals surface area (Å²) in [5, 5.41) is 10.8. The Labute approximate surface area is 103 Å². The molecule has 1 aromatic rings. The third kappa shape index (κ3) is 4.44. The Hall–Kier alpha value is -2.20. The molecule has 1 amide bonds. The highest BCUT2D eigenvalue weighted by Gasteiger charge is 2.04. The smallest absolute Gasteiger partial charge is 0.252 e. The van der Waals surface area contributed by atoms with Crippen LogP contribution in [0.1, 0.15) is 6.42 Å². The Morgan fingerprint density at radius 3 is 2.76 bits per heavy atom. The minimum Gasteiger partial charge on any atom is -0.329 e. The maximum atomic E-state index is 13.2. The topological polar surface area (TPSA) is 77.0 Å². The molecule has 0 spiro atoms. The number of carbonyl (C=O) groups is 1. The summed E-state index contributed by atoms with van der Waals surface area (Å²) in [5.74, 6) is -0.981. The van der Waals surface area contributed by atoms with E-state index in [0.29, 0.717) is 0 Å². The van der Waals surface area contributed by atoms with E-state index in [9.17, 15) is 9.18 Å². The molecular weight excluding hydrogens is 243 g/mol. The van der Waals surface area contributed by atoms with Crippen molar-refractivity contribution in [3.8, 4) is 6.07 Å². The van der Waals surface area contributed by atoms with Crippen LogP contribution in [0, 0.1) is 17.1 Å². The number of nitrogens with one attached hydrogen (secondary N) is 3. The van der Waals surface area contributed by atoms with Gasteiger partial charge in [0, 0.05) is 0 Å². The molecule has 0 aromatic heterocycles. The summed E-state index contributed by atoms with van der Waals surface area (Å²) in [7, 11) is 0. The summed E-state index contributed by atoms with van der Waals surface area (Å²) in [6.07, 6.45) is -0.282. The van der Waals surface area contributed by atoms with Crippen molar-refractivity contribution in [2.75, 3.05) is 5.32 Å². The summed E-state index contributed by atoms with van der Waals surface area (Å²) in [4.78, 5) is 10.9. The van der Waals surface area contributed by atoms with Gasteiger partial charge in [0.1, 0.15) is 12.2 Å². The number of para-hydroxylation sites is 1. The second-order valence-corrected chi connectivity index (χ2v) is 3.35. The van der Waals surface area contributed by atoms with E-state index in [1.54, 1.807) is 18.2 Å². The molecule has 0 aliphatic carbocycles. The molecule has 0 fully saturated rings. The van der Waals surface area contributed by atoms with Crippen LogP contribution >= 0.6 is 12.2 Å². The minimum absolute atomic E-state index is 0.0291. The molecule has 5 nitrogen and oxygen atoms in total. The highest BCUT2D eigenvalue weighted by molar-refractivity contribution is 7.80. The zero-order valence-corrected chi connectivity index (χ0v) is 9.47. The summed E-state index contributed by atoms with van der Waals surface area (Å²) in [6, 6.07) is 7.64. The number of nitrogens with zero attached hydrogens (tertiary/aromatic N) is 1. The lowest BCUT2D eigenvalue weighted by molar-refractivity contribution is -0.120. The Kier molecular flexibility index (Phi) is 4.84. The first kappa shape index (κ1) is 12.9. The molecule has 0 unspecified atom stereocenters. The summed E-state index contributed by atoms with van der Waals surface area (Å²) in [5.41, 5.74) is 4.73. The van der Waals surface area contributed by atoms with Crippen molar-refractivity contribution in [1.82, 2.24) is 10.9 Å². The fourth-order valence-corrected chi connectivity index (χ4v) is 1.12. The lowest BCUT2D eigenvalue weighted by atomic mass is 10.3. The van der Waals surface area contributed by atoms with Crippen molar-refractivity contribution in [3.63, 3.8) is 0 Å². The van der Waals surface area contributed by atoms with Crippen molar-refractivity contribution >= 4 is 28.9 Å². The largest absolute Gasteiger partial charge is 0.329 e. The molecule has 0 heterocycles. The molecule has 0 saturated heterocycles. The molecule has 0 bridgehead atoms. The standard InChI is InChI=1S/C10H9FN4OS/c11-7-3-1-2-4-8(7)13-10(17)15-14-9(16)5-6-12/h1-4H,5H2,(H,14,16)(H2,13,15,17). The Morgan fingerprint density at radius 1 is 1.41 bits per heavy atom. The number of hydrogen-bond acceptors (Lipinski definition) is 3. The predicted molar refractivity (Wildman–Crippen MR) is 64.1 cm³/mol. The second kappa shape index (κ2) is 6.40. The van der Waals surface area contributed by atoms with Gasteiger partial charge in [0.25, 0.3) is 5.91 Å². The number of nitriles is 1. The van der Waals surface area contributed by atoms with E-state index < -0.39 is 11.7 Å². The number of carbonyl (C=O) groups excluding carboxylic acids is 1. The van der Waals surface area contributed by atoms with E-state index in [4.69, 9.17) is 17.5 Å². The second-order valence-electron chi connectivity index (χ2n) is 2.94. The van der Waals surface area contributed by atoms with Gasteiger partial charge in [-0.2, -0.15) is 5.26 Å². The predicted octanol–water partition coefficient (Wildman–Crippen LogP) is 1.06. The molecule has 0 atom stereocenters. The number of hydrogen-bond donors (Lipinski definition) is 3. The fourth-order valence-electron chi connectivity index (χ4n) is 0.959.